The average molecular weight is 360 g/mol. The minimum atomic E-state index is -0.356. The monoisotopic (exact) mass is 360 g/mol. The van der Waals surface area contributed by atoms with E-state index in [-0.39, 0.29) is 36.0 Å². The first kappa shape index (κ1) is 17.6. The van der Waals surface area contributed by atoms with Crippen molar-refractivity contribution < 1.29 is 14.0 Å². The Kier molecular flexibility index (Phi) is 5.48. The van der Waals surface area contributed by atoms with Crippen molar-refractivity contribution in [1.29, 1.82) is 0 Å². The fourth-order valence-electron chi connectivity index (χ4n) is 3.28. The molecule has 0 bridgehead atoms. The Hall–Kier alpha value is -2.21. The minimum Gasteiger partial charge on any atom is -0.356 e. The van der Waals surface area contributed by atoms with Gasteiger partial charge in [0.25, 0.3) is 0 Å². The number of thiophene rings is 1. The molecule has 1 saturated heterocycles. The van der Waals surface area contributed by atoms with Crippen molar-refractivity contribution in [2.45, 2.75) is 25.3 Å². The molecule has 1 N–H and O–H groups in total. The second-order valence-electron chi connectivity index (χ2n) is 6.30. The number of halogens is 1. The maximum absolute atomic E-state index is 13.2. The molecular weight excluding hydrogens is 339 g/mol. The Morgan fingerprint density at radius 1 is 1.36 bits per heavy atom. The van der Waals surface area contributed by atoms with Crippen molar-refractivity contribution >= 4 is 23.2 Å². The van der Waals surface area contributed by atoms with Crippen molar-refractivity contribution in [3.05, 3.63) is 58.0 Å². The topological polar surface area (TPSA) is 49.4 Å². The molecule has 1 aromatic heterocycles. The van der Waals surface area contributed by atoms with E-state index in [1.807, 2.05) is 23.6 Å². The third-order valence-electron chi connectivity index (χ3n) is 4.59. The lowest BCUT2D eigenvalue weighted by Crippen LogP contribution is -2.34. The van der Waals surface area contributed by atoms with Crippen LogP contribution in [0.1, 0.15) is 29.3 Å². The maximum Gasteiger partial charge on any atom is 0.226 e. The van der Waals surface area contributed by atoms with Crippen molar-refractivity contribution in [2.24, 2.45) is 5.92 Å². The fraction of sp³-hybridized carbons (Fsp3) is 0.368. The highest BCUT2D eigenvalue weighted by atomic mass is 32.1. The number of carbonyl (C=O) groups is 2. The number of likely N-dealkylation sites (tertiary alicyclic amines) is 1. The first-order valence-corrected chi connectivity index (χ1v) is 9.25. The Balaban J connectivity index is 1.54. The molecule has 132 valence electrons. The van der Waals surface area contributed by atoms with Crippen LogP contribution >= 0.6 is 11.3 Å². The second kappa shape index (κ2) is 7.78. The Bertz CT molecular complexity index is 748. The first-order valence-electron chi connectivity index (χ1n) is 8.37. The van der Waals surface area contributed by atoms with Crippen molar-refractivity contribution in [3.8, 4) is 0 Å². The molecule has 1 aliphatic rings. The number of hydrogen-bond donors (Lipinski definition) is 1. The summed E-state index contributed by atoms with van der Waals surface area (Å²) >= 11 is 1.56. The Labute approximate surface area is 150 Å². The van der Waals surface area contributed by atoms with E-state index in [1.54, 1.807) is 29.4 Å². The molecule has 0 aliphatic carbocycles. The molecule has 0 spiro atoms. The van der Waals surface area contributed by atoms with Crippen LogP contribution < -0.4 is 5.32 Å². The fourth-order valence-corrected chi connectivity index (χ4v) is 4.21. The summed E-state index contributed by atoms with van der Waals surface area (Å²) in [5, 5.41) is 4.89. The molecule has 2 aromatic rings. The molecule has 6 heteroatoms. The van der Waals surface area contributed by atoms with Gasteiger partial charge >= 0.3 is 0 Å². The van der Waals surface area contributed by atoms with Crippen LogP contribution in [0.3, 0.4) is 0 Å². The Morgan fingerprint density at radius 3 is 2.92 bits per heavy atom. The summed E-state index contributed by atoms with van der Waals surface area (Å²) in [5.41, 5.74) is 0.918. The molecule has 2 atom stereocenters. The number of carbonyl (C=O) groups excluding carboxylic acids is 2. The predicted octanol–water partition coefficient (Wildman–Crippen LogP) is 3.16. The number of benzene rings is 1. The molecular formula is C19H21FN2O2S. The molecule has 0 radical (unpaired) electrons. The highest BCUT2D eigenvalue weighted by Crippen LogP contribution is 2.39. The van der Waals surface area contributed by atoms with E-state index < -0.39 is 0 Å². The van der Waals surface area contributed by atoms with Crippen LogP contribution in [0.25, 0.3) is 0 Å². The van der Waals surface area contributed by atoms with E-state index in [1.165, 1.54) is 12.1 Å². The van der Waals surface area contributed by atoms with E-state index in [2.05, 4.69) is 5.32 Å². The van der Waals surface area contributed by atoms with Crippen LogP contribution in [0.4, 0.5) is 4.39 Å². The second-order valence-corrected chi connectivity index (χ2v) is 7.28. The van der Waals surface area contributed by atoms with Crippen LogP contribution in [0.5, 0.6) is 0 Å². The quantitative estimate of drug-likeness (QED) is 0.805. The summed E-state index contributed by atoms with van der Waals surface area (Å²) in [6.07, 6.45) is 1.68. The number of amides is 2. The summed E-state index contributed by atoms with van der Waals surface area (Å²) < 4.78 is 13.2. The SMILES string of the molecule is CN1C(=O)C[C@H](C(=O)NCCCc2cccc(F)c2)[C@H]1c1cccs1. The molecule has 0 saturated carbocycles. The van der Waals surface area contributed by atoms with E-state index in [4.69, 9.17) is 0 Å². The molecule has 2 heterocycles. The van der Waals surface area contributed by atoms with Gasteiger partial charge in [0.2, 0.25) is 11.8 Å². The van der Waals surface area contributed by atoms with Crippen LogP contribution in [0.2, 0.25) is 0 Å². The number of nitrogens with one attached hydrogen (secondary N) is 1. The van der Waals surface area contributed by atoms with Gasteiger partial charge in [0.05, 0.1) is 12.0 Å². The molecule has 25 heavy (non-hydrogen) atoms. The van der Waals surface area contributed by atoms with Gasteiger partial charge in [0, 0.05) is 24.9 Å². The van der Waals surface area contributed by atoms with Gasteiger partial charge in [0.1, 0.15) is 5.82 Å². The number of rotatable bonds is 6. The summed E-state index contributed by atoms with van der Waals surface area (Å²) in [6.45, 7) is 0.515. The molecule has 4 nitrogen and oxygen atoms in total. The third-order valence-corrected chi connectivity index (χ3v) is 5.53. The highest BCUT2D eigenvalue weighted by molar-refractivity contribution is 7.10. The summed E-state index contributed by atoms with van der Waals surface area (Å²) in [5.74, 6) is -0.688. The number of nitrogens with zero attached hydrogens (tertiary/aromatic N) is 1. The smallest absolute Gasteiger partial charge is 0.226 e. The average Bonchev–Trinajstić information content (AvgIpc) is 3.20. The van der Waals surface area contributed by atoms with E-state index in [0.29, 0.717) is 13.0 Å². The highest BCUT2D eigenvalue weighted by Gasteiger charge is 2.42. The zero-order chi connectivity index (χ0) is 17.8. The molecule has 3 rings (SSSR count). The van der Waals surface area contributed by atoms with Gasteiger partial charge in [0.15, 0.2) is 0 Å². The van der Waals surface area contributed by atoms with Gasteiger partial charge in [-0.1, -0.05) is 18.2 Å². The van der Waals surface area contributed by atoms with E-state index in [9.17, 15) is 14.0 Å². The van der Waals surface area contributed by atoms with Gasteiger partial charge in [-0.2, -0.15) is 0 Å². The third kappa shape index (κ3) is 4.07. The molecule has 1 aliphatic heterocycles. The van der Waals surface area contributed by atoms with Gasteiger partial charge in [-0.25, -0.2) is 4.39 Å². The zero-order valence-corrected chi connectivity index (χ0v) is 14.9. The van der Waals surface area contributed by atoms with Gasteiger partial charge in [-0.15, -0.1) is 11.3 Å². The zero-order valence-electron chi connectivity index (χ0n) is 14.1. The molecule has 1 aromatic carbocycles. The van der Waals surface area contributed by atoms with Crippen LogP contribution in [0, 0.1) is 11.7 Å². The Morgan fingerprint density at radius 2 is 2.20 bits per heavy atom. The van der Waals surface area contributed by atoms with Gasteiger partial charge in [-0.05, 0) is 42.0 Å². The maximum atomic E-state index is 13.2. The van der Waals surface area contributed by atoms with E-state index in [0.717, 1.165) is 16.9 Å². The number of hydrogen-bond acceptors (Lipinski definition) is 3. The van der Waals surface area contributed by atoms with Gasteiger partial charge < -0.3 is 10.2 Å². The largest absolute Gasteiger partial charge is 0.356 e. The summed E-state index contributed by atoms with van der Waals surface area (Å²) in [6, 6.07) is 10.2. The van der Waals surface area contributed by atoms with Crippen molar-refractivity contribution in [1.82, 2.24) is 10.2 Å². The first-order chi connectivity index (χ1) is 12.1. The lowest BCUT2D eigenvalue weighted by molar-refractivity contribution is -0.128. The van der Waals surface area contributed by atoms with Crippen molar-refractivity contribution in [2.75, 3.05) is 13.6 Å². The van der Waals surface area contributed by atoms with Crippen molar-refractivity contribution in [3.63, 3.8) is 0 Å². The molecule has 2 amide bonds. The van der Waals surface area contributed by atoms with E-state index >= 15 is 0 Å². The molecule has 0 unspecified atom stereocenters. The standard InChI is InChI=1S/C19H21FN2O2S/c1-22-17(23)12-15(18(22)16-8-4-10-25-16)19(24)21-9-3-6-13-5-2-7-14(20)11-13/h2,4-5,7-8,10-11,15,18H,3,6,9,12H2,1H3,(H,21,24)/t15-,18-/m0/s1. The van der Waals surface area contributed by atoms with Crippen LogP contribution in [0.15, 0.2) is 41.8 Å². The van der Waals surface area contributed by atoms with Gasteiger partial charge in [-0.3, -0.25) is 9.59 Å². The number of aryl methyl sites for hydroxylation is 1. The molecule has 1 fully saturated rings. The lowest BCUT2D eigenvalue weighted by Gasteiger charge is -2.23. The van der Waals surface area contributed by atoms with Crippen LogP contribution in [-0.2, 0) is 16.0 Å². The van der Waals surface area contributed by atoms with Crippen LogP contribution in [-0.4, -0.2) is 30.3 Å². The normalized spacial score (nSPS) is 20.1. The minimum absolute atomic E-state index is 0.00156. The predicted molar refractivity (Wildman–Crippen MR) is 95.7 cm³/mol. The lowest BCUT2D eigenvalue weighted by atomic mass is 9.98. The summed E-state index contributed by atoms with van der Waals surface area (Å²) in [4.78, 5) is 27.3. The summed E-state index contributed by atoms with van der Waals surface area (Å²) in [7, 11) is 1.75.